The number of nitrogens with zero attached hydrogens (tertiary/aromatic N) is 2. The Balaban J connectivity index is 2.00. The van der Waals surface area contributed by atoms with E-state index in [1.54, 1.807) is 0 Å². The first kappa shape index (κ1) is 13.6. The highest BCUT2D eigenvalue weighted by Gasteiger charge is 2.40. The molecule has 104 valence electrons. The minimum absolute atomic E-state index is 0.0637. The van der Waals surface area contributed by atoms with Crippen LogP contribution in [-0.4, -0.2) is 11.6 Å². The van der Waals surface area contributed by atoms with Crippen LogP contribution in [0.15, 0.2) is 5.10 Å². The van der Waals surface area contributed by atoms with Gasteiger partial charge in [0.2, 0.25) is 5.13 Å². The number of fused-ring (bicyclic) bond motifs is 1. The number of thiophene rings is 1. The van der Waals surface area contributed by atoms with Crippen molar-refractivity contribution in [3.05, 3.63) is 15.0 Å². The van der Waals surface area contributed by atoms with E-state index < -0.39 is 5.13 Å². The van der Waals surface area contributed by atoms with E-state index in [9.17, 15) is 9.18 Å². The summed E-state index contributed by atoms with van der Waals surface area (Å²) in [6, 6.07) is 0. The molecule has 1 aromatic heterocycles. The zero-order chi connectivity index (χ0) is 14.3. The van der Waals surface area contributed by atoms with Crippen molar-refractivity contribution in [2.45, 2.75) is 32.1 Å². The van der Waals surface area contributed by atoms with Crippen molar-refractivity contribution in [1.29, 1.82) is 0 Å². The third-order valence-corrected chi connectivity index (χ3v) is 5.13. The second-order valence-electron chi connectivity index (χ2n) is 4.88. The number of terminal acetylenes is 1. The maximum Gasteiger partial charge on any atom is 0.256 e. The van der Waals surface area contributed by atoms with Gasteiger partial charge in [0.05, 0.1) is 16.7 Å². The predicted molar refractivity (Wildman–Crippen MR) is 78.7 cm³/mol. The Morgan fingerprint density at radius 3 is 3.05 bits per heavy atom. The number of hydrogen-bond acceptors (Lipinski definition) is 3. The highest BCUT2D eigenvalue weighted by Crippen LogP contribution is 2.42. The van der Waals surface area contributed by atoms with E-state index in [1.165, 1.54) is 0 Å². The van der Waals surface area contributed by atoms with Gasteiger partial charge in [-0.25, -0.2) is 0 Å². The smallest absolute Gasteiger partial charge is 0.256 e. The zero-order valence-corrected chi connectivity index (χ0v) is 12.2. The summed E-state index contributed by atoms with van der Waals surface area (Å²) >= 11 is 7.05. The fraction of sp³-hybridized carbons (Fsp3) is 0.429. The number of carbonyl (C=O) groups excluding carboxylic acids is 1. The molecule has 1 aliphatic heterocycles. The molecule has 1 unspecified atom stereocenters. The van der Waals surface area contributed by atoms with Crippen LogP contribution in [0.5, 0.6) is 0 Å². The molecule has 0 bridgehead atoms. The molecule has 1 fully saturated rings. The number of hydrogen-bond donors (Lipinski definition) is 0. The first-order chi connectivity index (χ1) is 9.63. The topological polar surface area (TPSA) is 32.7 Å². The normalized spacial score (nSPS) is 21.6. The van der Waals surface area contributed by atoms with E-state index in [0.717, 1.165) is 47.7 Å². The van der Waals surface area contributed by atoms with Crippen LogP contribution in [0.3, 0.4) is 0 Å². The summed E-state index contributed by atoms with van der Waals surface area (Å²) in [5.41, 5.74) is 0.912. The fourth-order valence-corrected chi connectivity index (χ4v) is 3.91. The Labute approximate surface area is 125 Å². The highest BCUT2D eigenvalue weighted by molar-refractivity contribution is 7.11. The fourth-order valence-electron chi connectivity index (χ4n) is 2.67. The molecule has 1 atom stereocenters. The molecular formula is C14H12ClFN2OS. The van der Waals surface area contributed by atoms with Crippen molar-refractivity contribution in [2.75, 3.05) is 5.01 Å². The van der Waals surface area contributed by atoms with E-state index in [2.05, 4.69) is 11.0 Å². The van der Waals surface area contributed by atoms with Gasteiger partial charge in [0.25, 0.3) is 5.91 Å². The van der Waals surface area contributed by atoms with Crippen LogP contribution in [0.25, 0.3) is 0 Å². The molecule has 1 saturated carbocycles. The number of halogens is 2. The van der Waals surface area contributed by atoms with Crippen LogP contribution in [0, 0.1) is 23.4 Å². The molecule has 0 aromatic carbocycles. The summed E-state index contributed by atoms with van der Waals surface area (Å²) in [5, 5.41) is 5.13. The van der Waals surface area contributed by atoms with Crippen molar-refractivity contribution < 1.29 is 9.18 Å². The van der Waals surface area contributed by atoms with Gasteiger partial charge in [0.15, 0.2) is 0 Å². The van der Waals surface area contributed by atoms with Crippen LogP contribution >= 0.6 is 22.9 Å². The van der Waals surface area contributed by atoms with E-state index in [4.69, 9.17) is 18.0 Å². The van der Waals surface area contributed by atoms with Gasteiger partial charge >= 0.3 is 0 Å². The van der Waals surface area contributed by atoms with E-state index in [-0.39, 0.29) is 29.0 Å². The van der Waals surface area contributed by atoms with Gasteiger partial charge in [-0.3, -0.25) is 4.79 Å². The minimum atomic E-state index is -0.503. The van der Waals surface area contributed by atoms with Crippen LogP contribution in [0.1, 0.15) is 30.6 Å². The quantitative estimate of drug-likeness (QED) is 0.768. The average molecular weight is 311 g/mol. The SMILES string of the molecule is C#CCc1sc(F)c(N2N=C3CCCCC3C2=O)c1Cl. The lowest BCUT2D eigenvalue weighted by atomic mass is 9.87. The lowest BCUT2D eigenvalue weighted by Gasteiger charge is -2.16. The summed E-state index contributed by atoms with van der Waals surface area (Å²) in [4.78, 5) is 12.9. The molecule has 0 spiro atoms. The first-order valence-corrected chi connectivity index (χ1v) is 7.64. The Kier molecular flexibility index (Phi) is 3.53. The molecular weight excluding hydrogens is 299 g/mol. The van der Waals surface area contributed by atoms with Crippen molar-refractivity contribution in [3.8, 4) is 12.3 Å². The predicted octanol–water partition coefficient (Wildman–Crippen LogP) is 3.61. The zero-order valence-electron chi connectivity index (χ0n) is 10.7. The van der Waals surface area contributed by atoms with E-state index in [0.29, 0.717) is 4.88 Å². The maximum atomic E-state index is 14.1. The molecule has 3 nitrogen and oxygen atoms in total. The van der Waals surface area contributed by atoms with Crippen molar-refractivity contribution in [1.82, 2.24) is 0 Å². The number of anilines is 1. The van der Waals surface area contributed by atoms with Gasteiger partial charge in [-0.1, -0.05) is 18.0 Å². The van der Waals surface area contributed by atoms with Gasteiger partial charge in [-0.05, 0) is 19.3 Å². The maximum absolute atomic E-state index is 14.1. The molecule has 2 heterocycles. The third kappa shape index (κ3) is 2.04. The summed E-state index contributed by atoms with van der Waals surface area (Å²) in [6.45, 7) is 0. The van der Waals surface area contributed by atoms with Crippen LogP contribution in [0.4, 0.5) is 10.1 Å². The second-order valence-corrected chi connectivity index (χ2v) is 6.32. The second kappa shape index (κ2) is 5.19. The summed E-state index contributed by atoms with van der Waals surface area (Å²) < 4.78 is 14.1. The average Bonchev–Trinajstić information content (AvgIpc) is 2.89. The molecule has 1 amide bonds. The largest absolute Gasteiger partial charge is 0.272 e. The molecule has 3 rings (SSSR count). The number of carbonyl (C=O) groups is 1. The summed E-state index contributed by atoms with van der Waals surface area (Å²) in [7, 11) is 0. The lowest BCUT2D eigenvalue weighted by Crippen LogP contribution is -2.29. The number of hydrazone groups is 1. The standard InChI is InChI=1S/C14H12ClFN2OS/c1-2-5-10-11(15)12(13(16)20-10)18-14(19)8-6-3-4-7-9(8)17-18/h1,8H,3-7H2. The van der Waals surface area contributed by atoms with E-state index >= 15 is 0 Å². The molecule has 20 heavy (non-hydrogen) atoms. The Hall–Kier alpha value is -1.38. The monoisotopic (exact) mass is 310 g/mol. The van der Waals surface area contributed by atoms with Crippen LogP contribution < -0.4 is 5.01 Å². The Morgan fingerprint density at radius 2 is 2.35 bits per heavy atom. The van der Waals surface area contributed by atoms with Gasteiger partial charge in [0.1, 0.15) is 5.69 Å². The lowest BCUT2D eigenvalue weighted by molar-refractivity contribution is -0.120. The Bertz CT molecular complexity index is 646. The van der Waals surface area contributed by atoms with Gasteiger partial charge in [-0.2, -0.15) is 14.5 Å². The molecule has 1 aliphatic carbocycles. The first-order valence-electron chi connectivity index (χ1n) is 6.45. The molecule has 0 radical (unpaired) electrons. The Morgan fingerprint density at radius 1 is 1.55 bits per heavy atom. The van der Waals surface area contributed by atoms with E-state index in [1.807, 2.05) is 0 Å². The molecule has 1 aromatic rings. The van der Waals surface area contributed by atoms with Gasteiger partial charge < -0.3 is 0 Å². The molecule has 2 aliphatic rings. The van der Waals surface area contributed by atoms with Crippen molar-refractivity contribution in [3.63, 3.8) is 0 Å². The molecule has 6 heteroatoms. The molecule has 0 saturated heterocycles. The van der Waals surface area contributed by atoms with Crippen molar-refractivity contribution >= 4 is 40.2 Å². The van der Waals surface area contributed by atoms with Gasteiger partial charge in [-0.15, -0.1) is 23.7 Å². The van der Waals surface area contributed by atoms with Crippen LogP contribution in [-0.2, 0) is 11.2 Å². The van der Waals surface area contributed by atoms with Crippen LogP contribution in [0.2, 0.25) is 5.02 Å². The third-order valence-electron chi connectivity index (χ3n) is 3.64. The van der Waals surface area contributed by atoms with Crippen molar-refractivity contribution in [2.24, 2.45) is 11.0 Å². The minimum Gasteiger partial charge on any atom is -0.272 e. The molecule has 0 N–H and O–H groups in total. The number of rotatable bonds is 2. The number of amides is 1. The highest BCUT2D eigenvalue weighted by atomic mass is 35.5. The summed E-state index contributed by atoms with van der Waals surface area (Å²) in [5.74, 6) is 2.06. The van der Waals surface area contributed by atoms with Gasteiger partial charge in [0, 0.05) is 11.3 Å². The summed E-state index contributed by atoms with van der Waals surface area (Å²) in [6.07, 6.45) is 9.10.